The van der Waals surface area contributed by atoms with E-state index in [9.17, 15) is 0 Å². The number of hydrogen-bond donors (Lipinski definition) is 2. The third kappa shape index (κ3) is 1.73. The van der Waals surface area contributed by atoms with Crippen molar-refractivity contribution in [2.75, 3.05) is 18.5 Å². The lowest BCUT2D eigenvalue weighted by Gasteiger charge is -2.19. The average Bonchev–Trinajstić information content (AvgIpc) is 2.98. The molecule has 2 aromatic rings. The lowest BCUT2D eigenvalue weighted by atomic mass is 10.1. The predicted octanol–water partition coefficient (Wildman–Crippen LogP) is 1.80. The number of aromatic nitrogens is 2. The molecule has 1 aromatic carbocycles. The van der Waals surface area contributed by atoms with E-state index in [1.807, 2.05) is 17.4 Å². The summed E-state index contributed by atoms with van der Waals surface area (Å²) in [5.41, 5.74) is 7.90. The normalized spacial score (nSPS) is 14.8. The van der Waals surface area contributed by atoms with Gasteiger partial charge in [-0.05, 0) is 18.6 Å². The largest absolute Gasteiger partial charge is 0.344 e. The Morgan fingerprint density at radius 2 is 2.41 bits per heavy atom. The highest BCUT2D eigenvalue weighted by Crippen LogP contribution is 2.24. The van der Waals surface area contributed by atoms with Gasteiger partial charge in [0.05, 0.1) is 36.1 Å². The highest BCUT2D eigenvalue weighted by Gasteiger charge is 2.11. The minimum absolute atomic E-state index is 0.862. The quantitative estimate of drug-likeness (QED) is 0.843. The van der Waals surface area contributed by atoms with Gasteiger partial charge in [-0.2, -0.15) is 0 Å². The molecule has 1 aromatic heterocycles. The highest BCUT2D eigenvalue weighted by molar-refractivity contribution is 5.84. The van der Waals surface area contributed by atoms with Crippen LogP contribution in [-0.2, 0) is 6.42 Å². The molecule has 0 bridgehead atoms. The lowest BCUT2D eigenvalue weighted by Crippen LogP contribution is -2.27. The van der Waals surface area contributed by atoms with Crippen LogP contribution in [0.3, 0.4) is 0 Å². The molecule has 0 fully saturated rings. The van der Waals surface area contributed by atoms with Crippen molar-refractivity contribution in [3.8, 4) is 0 Å². The molecule has 0 aliphatic carbocycles. The van der Waals surface area contributed by atoms with Gasteiger partial charge in [0.15, 0.2) is 0 Å². The van der Waals surface area contributed by atoms with Crippen molar-refractivity contribution in [2.24, 2.45) is 4.99 Å². The summed E-state index contributed by atoms with van der Waals surface area (Å²) in [6.45, 7) is 3.93. The monoisotopic (exact) mass is 229 g/mol. The number of H-pyrrole nitrogens is 1. The molecule has 0 amide bonds. The second-order valence-electron chi connectivity index (χ2n) is 4.07. The number of hydrazine groups is 1. The first-order chi connectivity index (χ1) is 8.38. The Kier molecular flexibility index (Phi) is 2.44. The zero-order valence-corrected chi connectivity index (χ0v) is 9.77. The molecule has 5 nitrogen and oxygen atoms in total. The summed E-state index contributed by atoms with van der Waals surface area (Å²) in [6.07, 6.45) is 4.55. The molecule has 0 atom stereocenters. The second-order valence-corrected chi connectivity index (χ2v) is 4.07. The number of benzene rings is 1. The first kappa shape index (κ1) is 10.1. The summed E-state index contributed by atoms with van der Waals surface area (Å²) in [5.74, 6) is 0. The zero-order chi connectivity index (χ0) is 11.7. The standard InChI is InChI=1S/C12H15N5/c1-2-9-10(16-17-6-5-13-8-17)3-4-11-12(9)15-7-14-11/h3-4,7-8,16H,2,5-6H2,1H3,(H,14,15). The minimum Gasteiger partial charge on any atom is -0.344 e. The number of aromatic amines is 1. The van der Waals surface area contributed by atoms with Gasteiger partial charge in [0.1, 0.15) is 6.34 Å². The highest BCUT2D eigenvalue weighted by atomic mass is 15.5. The molecule has 0 radical (unpaired) electrons. The maximum absolute atomic E-state index is 4.28. The Balaban J connectivity index is 1.99. The van der Waals surface area contributed by atoms with E-state index in [-0.39, 0.29) is 0 Å². The Labute approximate surface area is 99.5 Å². The fourth-order valence-corrected chi connectivity index (χ4v) is 2.16. The van der Waals surface area contributed by atoms with Gasteiger partial charge in [0.25, 0.3) is 0 Å². The van der Waals surface area contributed by atoms with E-state index >= 15 is 0 Å². The van der Waals surface area contributed by atoms with Gasteiger partial charge in [-0.3, -0.25) is 15.4 Å². The van der Waals surface area contributed by atoms with Gasteiger partial charge < -0.3 is 4.98 Å². The van der Waals surface area contributed by atoms with Crippen molar-refractivity contribution in [3.63, 3.8) is 0 Å². The predicted molar refractivity (Wildman–Crippen MR) is 69.2 cm³/mol. The van der Waals surface area contributed by atoms with Crippen LogP contribution in [-0.4, -0.2) is 34.4 Å². The third-order valence-corrected chi connectivity index (χ3v) is 3.01. The van der Waals surface area contributed by atoms with Crippen LogP contribution < -0.4 is 5.43 Å². The summed E-state index contributed by atoms with van der Waals surface area (Å²) in [5, 5.41) is 2.01. The lowest BCUT2D eigenvalue weighted by molar-refractivity contribution is 0.556. The van der Waals surface area contributed by atoms with Gasteiger partial charge in [-0.15, -0.1) is 0 Å². The number of rotatable bonds is 3. The van der Waals surface area contributed by atoms with Crippen molar-refractivity contribution < 1.29 is 0 Å². The molecule has 88 valence electrons. The maximum atomic E-state index is 4.28. The van der Waals surface area contributed by atoms with Crippen molar-refractivity contribution >= 4 is 23.1 Å². The molecule has 0 saturated heterocycles. The van der Waals surface area contributed by atoms with E-state index in [1.165, 1.54) is 5.56 Å². The summed E-state index contributed by atoms with van der Waals surface area (Å²) >= 11 is 0. The molecule has 1 aliphatic heterocycles. The molecule has 2 N–H and O–H groups in total. The van der Waals surface area contributed by atoms with Crippen molar-refractivity contribution in [3.05, 3.63) is 24.0 Å². The van der Waals surface area contributed by atoms with Crippen molar-refractivity contribution in [2.45, 2.75) is 13.3 Å². The topological polar surface area (TPSA) is 56.3 Å². The fourth-order valence-electron chi connectivity index (χ4n) is 2.16. The molecular weight excluding hydrogens is 214 g/mol. The summed E-state index contributed by atoms with van der Waals surface area (Å²) in [7, 11) is 0. The molecule has 0 saturated carbocycles. The van der Waals surface area contributed by atoms with E-state index in [0.717, 1.165) is 36.2 Å². The Hall–Kier alpha value is -2.04. The molecule has 0 spiro atoms. The van der Waals surface area contributed by atoms with Gasteiger partial charge in [-0.1, -0.05) is 6.92 Å². The number of imidazole rings is 1. The number of nitrogens with zero attached hydrogens (tertiary/aromatic N) is 3. The SMILES string of the molecule is CCc1c(NN2C=NCC2)ccc2nc[nH]c12. The number of anilines is 1. The smallest absolute Gasteiger partial charge is 0.104 e. The number of hydrogen-bond acceptors (Lipinski definition) is 4. The Morgan fingerprint density at radius 1 is 1.47 bits per heavy atom. The van der Waals surface area contributed by atoms with Crippen LogP contribution in [0, 0.1) is 0 Å². The van der Waals surface area contributed by atoms with E-state index in [0.29, 0.717) is 0 Å². The summed E-state index contributed by atoms with van der Waals surface area (Å²) in [4.78, 5) is 11.7. The molecule has 1 aliphatic rings. The molecule has 17 heavy (non-hydrogen) atoms. The van der Waals surface area contributed by atoms with E-state index in [2.05, 4.69) is 33.4 Å². The zero-order valence-electron chi connectivity index (χ0n) is 9.77. The summed E-state index contributed by atoms with van der Waals surface area (Å²) in [6, 6.07) is 4.11. The Bertz CT molecular complexity index is 557. The second kappa shape index (κ2) is 4.08. The van der Waals surface area contributed by atoms with Crippen LogP contribution in [0.25, 0.3) is 11.0 Å². The van der Waals surface area contributed by atoms with E-state index in [4.69, 9.17) is 0 Å². The van der Waals surface area contributed by atoms with Gasteiger partial charge >= 0.3 is 0 Å². The van der Waals surface area contributed by atoms with Crippen LogP contribution in [0.4, 0.5) is 5.69 Å². The molecule has 3 rings (SSSR count). The Morgan fingerprint density at radius 3 is 3.18 bits per heavy atom. The minimum atomic E-state index is 0.862. The van der Waals surface area contributed by atoms with Gasteiger partial charge in [-0.25, -0.2) is 4.98 Å². The van der Waals surface area contributed by atoms with Crippen molar-refractivity contribution in [1.82, 2.24) is 15.0 Å². The molecule has 0 unspecified atom stereocenters. The fraction of sp³-hybridized carbons (Fsp3) is 0.333. The van der Waals surface area contributed by atoms with Crippen LogP contribution in [0.15, 0.2) is 23.5 Å². The van der Waals surface area contributed by atoms with Crippen LogP contribution in [0.2, 0.25) is 0 Å². The van der Waals surface area contributed by atoms with E-state index in [1.54, 1.807) is 6.33 Å². The number of nitrogens with one attached hydrogen (secondary N) is 2. The molecule has 2 heterocycles. The van der Waals surface area contributed by atoms with Gasteiger partial charge in [0.2, 0.25) is 0 Å². The summed E-state index contributed by atoms with van der Waals surface area (Å²) < 4.78 is 0. The molecule has 5 heteroatoms. The average molecular weight is 229 g/mol. The molecular formula is C12H15N5. The maximum Gasteiger partial charge on any atom is 0.104 e. The van der Waals surface area contributed by atoms with Crippen LogP contribution in [0.5, 0.6) is 0 Å². The number of aryl methyl sites for hydroxylation is 1. The van der Waals surface area contributed by atoms with Crippen LogP contribution in [0.1, 0.15) is 12.5 Å². The van der Waals surface area contributed by atoms with Crippen LogP contribution >= 0.6 is 0 Å². The third-order valence-electron chi connectivity index (χ3n) is 3.01. The number of aliphatic imine (C=N–C) groups is 1. The van der Waals surface area contributed by atoms with Crippen molar-refractivity contribution in [1.29, 1.82) is 0 Å². The van der Waals surface area contributed by atoms with E-state index < -0.39 is 0 Å². The number of fused-ring (bicyclic) bond motifs is 1. The first-order valence-electron chi connectivity index (χ1n) is 5.86. The first-order valence-corrected chi connectivity index (χ1v) is 5.86. The van der Waals surface area contributed by atoms with Gasteiger partial charge in [0, 0.05) is 5.56 Å².